The second-order valence-electron chi connectivity index (χ2n) is 8.89. The summed E-state index contributed by atoms with van der Waals surface area (Å²) in [6.45, 7) is 0.0480. The first-order chi connectivity index (χ1) is 15.6. The molecule has 3 aromatic rings. The zero-order valence-electron chi connectivity index (χ0n) is 17.7. The number of nitrogens with one attached hydrogen (secondary N) is 1. The largest absolute Gasteiger partial charge is 0.497 e. The Kier molecular flexibility index (Phi) is 5.19. The van der Waals surface area contributed by atoms with Crippen molar-refractivity contribution in [1.29, 1.82) is 0 Å². The molecule has 1 amide bonds. The number of carbonyl (C=O) groups excluding carboxylic acids is 1. The number of aromatic nitrogens is 1. The quantitative estimate of drug-likeness (QED) is 0.536. The normalized spacial score (nSPS) is 27.7. The van der Waals surface area contributed by atoms with Gasteiger partial charge in [0.2, 0.25) is 5.91 Å². The summed E-state index contributed by atoms with van der Waals surface area (Å²) in [5, 5.41) is 6.64. The first-order valence-electron chi connectivity index (χ1n) is 11.0. The van der Waals surface area contributed by atoms with Gasteiger partial charge in [-0.25, -0.2) is 0 Å². The third kappa shape index (κ3) is 3.35. The summed E-state index contributed by atoms with van der Waals surface area (Å²) in [6, 6.07) is 11.6. The highest BCUT2D eigenvalue weighted by Crippen LogP contribution is 2.64. The third-order valence-electron chi connectivity index (χ3n) is 7.22. The van der Waals surface area contributed by atoms with E-state index in [0.717, 1.165) is 22.6 Å². The number of thiazole rings is 1. The van der Waals surface area contributed by atoms with Crippen molar-refractivity contribution in [2.75, 3.05) is 12.4 Å². The fourth-order valence-corrected chi connectivity index (χ4v) is 10.0. The summed E-state index contributed by atoms with van der Waals surface area (Å²) in [7, 11) is 1.61. The van der Waals surface area contributed by atoms with Gasteiger partial charge in [0, 0.05) is 26.6 Å². The van der Waals surface area contributed by atoms with Crippen molar-refractivity contribution >= 4 is 46.0 Å². The van der Waals surface area contributed by atoms with E-state index in [1.165, 1.54) is 40.4 Å². The molecule has 166 valence electrons. The first-order valence-corrected chi connectivity index (χ1v) is 13.6. The molecule has 2 aliphatic carbocycles. The molecule has 1 aromatic carbocycles. The van der Waals surface area contributed by atoms with Crippen LogP contribution in [0.1, 0.15) is 34.9 Å². The topological polar surface area (TPSA) is 60.3 Å². The summed E-state index contributed by atoms with van der Waals surface area (Å²) >= 11 is 5.02. The van der Waals surface area contributed by atoms with Crippen molar-refractivity contribution in [2.45, 2.75) is 42.0 Å². The molecular formula is C24H24N2O3S3. The highest BCUT2D eigenvalue weighted by atomic mass is 32.2. The smallest absolute Gasteiger partial charge is 0.308 e. The minimum atomic E-state index is -0.179. The van der Waals surface area contributed by atoms with Gasteiger partial charge in [-0.15, -0.1) is 23.1 Å². The number of thioether (sulfide) groups is 1. The zero-order valence-corrected chi connectivity index (χ0v) is 20.1. The molecule has 0 spiro atoms. The maximum atomic E-state index is 13.1. The number of ether oxygens (including phenoxy) is 1. The number of nitrogens with zero attached hydrogens (tertiary/aromatic N) is 1. The van der Waals surface area contributed by atoms with Gasteiger partial charge < -0.3 is 10.1 Å². The molecule has 8 heteroatoms. The predicted octanol–water partition coefficient (Wildman–Crippen LogP) is 5.27. The average molecular weight is 485 g/mol. The van der Waals surface area contributed by atoms with Crippen LogP contribution in [-0.4, -0.2) is 22.8 Å². The summed E-state index contributed by atoms with van der Waals surface area (Å²) < 4.78 is 6.89. The van der Waals surface area contributed by atoms with Gasteiger partial charge in [-0.2, -0.15) is 0 Å². The van der Waals surface area contributed by atoms with Crippen LogP contribution in [0, 0.1) is 17.8 Å². The lowest BCUT2D eigenvalue weighted by Gasteiger charge is -2.40. The van der Waals surface area contributed by atoms with Crippen molar-refractivity contribution in [2.24, 2.45) is 17.8 Å². The number of hydrogen-bond acceptors (Lipinski definition) is 6. The van der Waals surface area contributed by atoms with E-state index in [4.69, 9.17) is 4.74 Å². The minimum absolute atomic E-state index is 0.0266. The molecule has 3 aliphatic rings. The number of amides is 1. The Bertz CT molecular complexity index is 1200. The Morgan fingerprint density at radius 2 is 2.00 bits per heavy atom. The molecule has 1 N–H and O–H groups in total. The van der Waals surface area contributed by atoms with Gasteiger partial charge in [-0.05, 0) is 72.7 Å². The van der Waals surface area contributed by atoms with Crippen molar-refractivity contribution < 1.29 is 9.53 Å². The van der Waals surface area contributed by atoms with Gasteiger partial charge in [0.25, 0.3) is 0 Å². The van der Waals surface area contributed by atoms with Gasteiger partial charge >= 0.3 is 4.87 Å². The molecule has 0 radical (unpaired) electrons. The van der Waals surface area contributed by atoms with E-state index in [1.807, 2.05) is 36.0 Å². The lowest BCUT2D eigenvalue weighted by Crippen LogP contribution is -2.34. The van der Waals surface area contributed by atoms with E-state index in [-0.39, 0.29) is 17.3 Å². The second-order valence-corrected chi connectivity index (χ2v) is 12.0. The highest BCUT2D eigenvalue weighted by molar-refractivity contribution is 8.00. The van der Waals surface area contributed by atoms with E-state index >= 15 is 0 Å². The van der Waals surface area contributed by atoms with Crippen molar-refractivity contribution in [3.63, 3.8) is 0 Å². The fourth-order valence-electron chi connectivity index (χ4n) is 5.89. The molecule has 5 atom stereocenters. The van der Waals surface area contributed by atoms with Gasteiger partial charge in [-0.1, -0.05) is 17.4 Å². The standard InChI is InChI=1S/C24H24N2O3S3/c1-29-16-8-6-15(7-9-16)25-18(27)12-26-23-22(32-24(26)28)20(17-3-2-10-30-17)19-13-4-5-14(11-13)21(19)31-23/h2-3,6-10,13-14,19-21H,4-5,11-12H2,1H3,(H,25,27)/t13-,14+,19+,20-,21+/m1/s1. The number of benzene rings is 1. The van der Waals surface area contributed by atoms with Gasteiger partial charge in [0.1, 0.15) is 12.3 Å². The predicted molar refractivity (Wildman–Crippen MR) is 130 cm³/mol. The number of methoxy groups -OCH3 is 1. The molecule has 32 heavy (non-hydrogen) atoms. The van der Waals surface area contributed by atoms with Crippen LogP contribution in [0.3, 0.4) is 0 Å². The van der Waals surface area contributed by atoms with Crippen molar-refractivity contribution in [1.82, 2.24) is 4.57 Å². The van der Waals surface area contributed by atoms with Crippen LogP contribution in [0.15, 0.2) is 51.6 Å². The number of thiophene rings is 1. The average Bonchev–Trinajstić information content (AvgIpc) is 3.59. The molecule has 2 aromatic heterocycles. The molecule has 3 heterocycles. The van der Waals surface area contributed by atoms with Crippen LogP contribution in [0.2, 0.25) is 0 Å². The fraction of sp³-hybridized carbons (Fsp3) is 0.417. The Hall–Kier alpha value is -2.03. The van der Waals surface area contributed by atoms with Crippen LogP contribution < -0.4 is 14.9 Å². The lowest BCUT2D eigenvalue weighted by molar-refractivity contribution is -0.116. The molecule has 2 fully saturated rings. The molecule has 2 bridgehead atoms. The number of fused-ring (bicyclic) bond motifs is 6. The Labute approximate surface area is 198 Å². The first kappa shape index (κ1) is 20.6. The van der Waals surface area contributed by atoms with E-state index in [1.54, 1.807) is 23.0 Å². The minimum Gasteiger partial charge on any atom is -0.497 e. The van der Waals surface area contributed by atoms with E-state index in [9.17, 15) is 9.59 Å². The molecule has 1 aliphatic heterocycles. The molecule has 0 unspecified atom stereocenters. The molecular weight excluding hydrogens is 460 g/mol. The Morgan fingerprint density at radius 1 is 1.19 bits per heavy atom. The second kappa shape index (κ2) is 8.08. The third-order valence-corrected chi connectivity index (χ3v) is 11.0. The molecule has 6 rings (SSSR count). The van der Waals surface area contributed by atoms with Gasteiger partial charge in [0.05, 0.1) is 12.1 Å². The SMILES string of the molecule is COc1ccc(NC(=O)Cn2c3c(sc2=O)[C@H](c2cccs2)[C@@H]2[C@@H]4CC[C@@H](C4)[C@@H]2S3)cc1. The Morgan fingerprint density at radius 3 is 2.75 bits per heavy atom. The maximum absolute atomic E-state index is 13.1. The summed E-state index contributed by atoms with van der Waals surface area (Å²) in [5.74, 6) is 2.98. The monoisotopic (exact) mass is 484 g/mol. The van der Waals surface area contributed by atoms with Gasteiger partial charge in [-0.3, -0.25) is 14.2 Å². The van der Waals surface area contributed by atoms with Crippen LogP contribution in [-0.2, 0) is 11.3 Å². The van der Waals surface area contributed by atoms with Crippen molar-refractivity contribution in [3.8, 4) is 5.75 Å². The number of anilines is 1. The number of rotatable bonds is 5. The summed E-state index contributed by atoms with van der Waals surface area (Å²) in [5.41, 5.74) is 0.699. The van der Waals surface area contributed by atoms with E-state index < -0.39 is 0 Å². The summed E-state index contributed by atoms with van der Waals surface area (Å²) in [6.07, 6.45) is 3.95. The van der Waals surface area contributed by atoms with Crippen LogP contribution >= 0.6 is 34.4 Å². The summed E-state index contributed by atoms with van der Waals surface area (Å²) in [4.78, 5) is 28.4. The van der Waals surface area contributed by atoms with E-state index in [0.29, 0.717) is 22.8 Å². The molecule has 2 saturated carbocycles. The number of carbonyl (C=O) groups is 1. The number of hydrogen-bond donors (Lipinski definition) is 1. The molecule has 0 saturated heterocycles. The van der Waals surface area contributed by atoms with Crippen molar-refractivity contribution in [3.05, 3.63) is 61.2 Å². The van der Waals surface area contributed by atoms with Crippen LogP contribution in [0.5, 0.6) is 5.75 Å². The van der Waals surface area contributed by atoms with Crippen LogP contribution in [0.25, 0.3) is 0 Å². The van der Waals surface area contributed by atoms with Crippen LogP contribution in [0.4, 0.5) is 5.69 Å². The Balaban J connectivity index is 1.32. The van der Waals surface area contributed by atoms with Gasteiger partial charge in [0.15, 0.2) is 0 Å². The molecule has 5 nitrogen and oxygen atoms in total. The highest BCUT2D eigenvalue weighted by Gasteiger charge is 2.55. The lowest BCUT2D eigenvalue weighted by atomic mass is 9.77. The van der Waals surface area contributed by atoms with E-state index in [2.05, 4.69) is 22.8 Å². The zero-order chi connectivity index (χ0) is 21.8. The maximum Gasteiger partial charge on any atom is 0.308 e.